The Morgan fingerprint density at radius 3 is 2.76 bits per heavy atom. The zero-order valence-electron chi connectivity index (χ0n) is 12.4. The maximum atomic E-state index is 12.3. The quantitative estimate of drug-likeness (QED) is 0.750. The number of amides is 1. The molecule has 0 spiro atoms. The molecule has 5 heteroatoms. The summed E-state index contributed by atoms with van der Waals surface area (Å²) in [5, 5.41) is 2.82. The number of anilines is 1. The van der Waals surface area contributed by atoms with Crippen molar-refractivity contribution in [2.75, 3.05) is 5.32 Å². The fraction of sp³-hybridized carbons (Fsp3) is 0.562. The number of carbonyl (C=O) groups excluding carboxylic acids is 1. The van der Waals surface area contributed by atoms with Crippen molar-refractivity contribution in [2.24, 2.45) is 5.92 Å². The zero-order chi connectivity index (χ0) is 15.4. The summed E-state index contributed by atoms with van der Waals surface area (Å²) in [6, 6.07) is 4.64. The first kappa shape index (κ1) is 15.7. The summed E-state index contributed by atoms with van der Waals surface area (Å²) in [5.74, 6) is -0.0492. The molecule has 2 atom stereocenters. The van der Waals surface area contributed by atoms with Crippen LogP contribution in [0, 0.1) is 5.92 Å². The van der Waals surface area contributed by atoms with E-state index in [1.807, 2.05) is 6.92 Å². The van der Waals surface area contributed by atoms with E-state index in [1.54, 1.807) is 12.1 Å². The van der Waals surface area contributed by atoms with Crippen molar-refractivity contribution in [3.05, 3.63) is 23.8 Å². The largest absolute Gasteiger partial charge is 0.435 e. The predicted molar refractivity (Wildman–Crippen MR) is 77.8 cm³/mol. The Morgan fingerprint density at radius 1 is 1.33 bits per heavy atom. The lowest BCUT2D eigenvalue weighted by molar-refractivity contribution is -0.118. The number of ether oxygens (including phenoxy) is 1. The van der Waals surface area contributed by atoms with E-state index in [2.05, 4.69) is 17.0 Å². The third kappa shape index (κ3) is 3.71. The molecular weight excluding hydrogens is 276 g/mol. The molecule has 0 bridgehead atoms. The Hall–Kier alpha value is -1.65. The standard InChI is InChI=1S/C16H21F2NO2/c1-3-4-5-6-10(2)14-12-9-11(21-16(17)18)7-8-13(12)19-15(14)20/h7-10,14,16H,3-6H2,1-2H3,(H,19,20). The molecule has 21 heavy (non-hydrogen) atoms. The minimum atomic E-state index is -2.85. The van der Waals surface area contributed by atoms with Gasteiger partial charge >= 0.3 is 6.61 Å². The molecule has 2 rings (SSSR count). The topological polar surface area (TPSA) is 38.3 Å². The average Bonchev–Trinajstić information content (AvgIpc) is 2.73. The van der Waals surface area contributed by atoms with Crippen LogP contribution in [-0.4, -0.2) is 12.5 Å². The molecule has 2 unspecified atom stereocenters. The Balaban J connectivity index is 2.15. The van der Waals surface area contributed by atoms with Crippen molar-refractivity contribution in [1.29, 1.82) is 0 Å². The van der Waals surface area contributed by atoms with Crippen molar-refractivity contribution >= 4 is 11.6 Å². The van der Waals surface area contributed by atoms with Crippen LogP contribution in [0.1, 0.15) is 51.0 Å². The molecule has 116 valence electrons. The van der Waals surface area contributed by atoms with Gasteiger partial charge in [-0.15, -0.1) is 0 Å². The van der Waals surface area contributed by atoms with Crippen LogP contribution >= 0.6 is 0 Å². The van der Waals surface area contributed by atoms with Crippen LogP contribution in [0.3, 0.4) is 0 Å². The molecular formula is C16H21F2NO2. The first-order valence-electron chi connectivity index (χ1n) is 7.42. The summed E-state index contributed by atoms with van der Waals surface area (Å²) in [4.78, 5) is 12.1. The monoisotopic (exact) mass is 297 g/mol. The number of alkyl halides is 2. The van der Waals surface area contributed by atoms with Crippen LogP contribution in [0.25, 0.3) is 0 Å². The molecule has 1 aliphatic heterocycles. The summed E-state index contributed by atoms with van der Waals surface area (Å²) in [5.41, 5.74) is 1.47. The van der Waals surface area contributed by atoms with Gasteiger partial charge in [0.05, 0.1) is 5.92 Å². The van der Waals surface area contributed by atoms with Crippen LogP contribution < -0.4 is 10.1 Å². The number of benzene rings is 1. The van der Waals surface area contributed by atoms with E-state index in [1.165, 1.54) is 6.07 Å². The molecule has 1 amide bonds. The number of nitrogens with one attached hydrogen (secondary N) is 1. The highest BCUT2D eigenvalue weighted by Gasteiger charge is 2.34. The minimum absolute atomic E-state index is 0.0526. The summed E-state index contributed by atoms with van der Waals surface area (Å²) < 4.78 is 29.0. The lowest BCUT2D eigenvalue weighted by atomic mass is 9.85. The zero-order valence-corrected chi connectivity index (χ0v) is 12.4. The van der Waals surface area contributed by atoms with Crippen molar-refractivity contribution < 1.29 is 18.3 Å². The molecule has 1 heterocycles. The summed E-state index contributed by atoms with van der Waals surface area (Å²) in [6.07, 6.45) is 4.29. The predicted octanol–water partition coefficient (Wildman–Crippen LogP) is 4.54. The lowest BCUT2D eigenvalue weighted by Gasteiger charge is -2.18. The van der Waals surface area contributed by atoms with E-state index < -0.39 is 6.61 Å². The van der Waals surface area contributed by atoms with Gasteiger partial charge < -0.3 is 10.1 Å². The molecule has 1 aliphatic rings. The molecule has 3 nitrogen and oxygen atoms in total. The van der Waals surface area contributed by atoms with Gasteiger partial charge in [0.25, 0.3) is 0 Å². The van der Waals surface area contributed by atoms with Gasteiger partial charge in [-0.3, -0.25) is 4.79 Å². The highest BCUT2D eigenvalue weighted by Crippen LogP contribution is 2.41. The molecule has 0 aliphatic carbocycles. The van der Waals surface area contributed by atoms with Gasteiger partial charge in [0.1, 0.15) is 5.75 Å². The van der Waals surface area contributed by atoms with E-state index in [0.717, 1.165) is 31.2 Å². The number of rotatable bonds is 7. The van der Waals surface area contributed by atoms with Crippen LogP contribution in [0.15, 0.2) is 18.2 Å². The first-order chi connectivity index (χ1) is 10.0. The van der Waals surface area contributed by atoms with Gasteiger partial charge in [-0.2, -0.15) is 8.78 Å². The Bertz CT molecular complexity index is 505. The second-order valence-electron chi connectivity index (χ2n) is 5.57. The van der Waals surface area contributed by atoms with Crippen LogP contribution in [0.2, 0.25) is 0 Å². The summed E-state index contributed by atoms with van der Waals surface area (Å²) in [6.45, 7) is 1.32. The molecule has 1 aromatic carbocycles. The van der Waals surface area contributed by atoms with Gasteiger partial charge in [0, 0.05) is 5.69 Å². The molecule has 1 aromatic rings. The minimum Gasteiger partial charge on any atom is -0.435 e. The third-order valence-electron chi connectivity index (χ3n) is 3.96. The molecule has 1 N–H and O–H groups in total. The van der Waals surface area contributed by atoms with Crippen molar-refractivity contribution in [2.45, 2.75) is 52.1 Å². The highest BCUT2D eigenvalue weighted by atomic mass is 19.3. The average molecular weight is 297 g/mol. The molecule has 0 aromatic heterocycles. The second-order valence-corrected chi connectivity index (χ2v) is 5.57. The van der Waals surface area contributed by atoms with Gasteiger partial charge in [0.2, 0.25) is 5.91 Å². The van der Waals surface area contributed by atoms with Crippen LogP contribution in [-0.2, 0) is 4.79 Å². The molecule has 0 saturated heterocycles. The van der Waals surface area contributed by atoms with Gasteiger partial charge in [-0.1, -0.05) is 33.1 Å². The van der Waals surface area contributed by atoms with Gasteiger partial charge in [-0.05, 0) is 36.1 Å². The second kappa shape index (κ2) is 6.87. The molecule has 0 fully saturated rings. The number of fused-ring (bicyclic) bond motifs is 1. The van der Waals surface area contributed by atoms with E-state index in [0.29, 0.717) is 5.69 Å². The fourth-order valence-electron chi connectivity index (χ4n) is 2.89. The maximum Gasteiger partial charge on any atom is 0.387 e. The highest BCUT2D eigenvalue weighted by molar-refractivity contribution is 6.03. The van der Waals surface area contributed by atoms with Crippen molar-refractivity contribution in [1.82, 2.24) is 0 Å². The summed E-state index contributed by atoms with van der Waals surface area (Å²) in [7, 11) is 0. The molecule has 0 radical (unpaired) electrons. The Labute approximate surface area is 123 Å². The fourth-order valence-corrected chi connectivity index (χ4v) is 2.89. The first-order valence-corrected chi connectivity index (χ1v) is 7.42. The van der Waals surface area contributed by atoms with E-state index in [9.17, 15) is 13.6 Å². The lowest BCUT2D eigenvalue weighted by Crippen LogP contribution is -2.19. The smallest absolute Gasteiger partial charge is 0.387 e. The van der Waals surface area contributed by atoms with Crippen LogP contribution in [0.4, 0.5) is 14.5 Å². The summed E-state index contributed by atoms with van der Waals surface area (Å²) >= 11 is 0. The number of halogens is 2. The van der Waals surface area contributed by atoms with Crippen molar-refractivity contribution in [3.8, 4) is 5.75 Å². The number of hydrogen-bond acceptors (Lipinski definition) is 2. The Kier molecular flexibility index (Phi) is 5.15. The maximum absolute atomic E-state index is 12.3. The van der Waals surface area contributed by atoms with Crippen molar-refractivity contribution in [3.63, 3.8) is 0 Å². The number of carbonyl (C=O) groups is 1. The van der Waals surface area contributed by atoms with E-state index >= 15 is 0 Å². The van der Waals surface area contributed by atoms with Gasteiger partial charge in [0.15, 0.2) is 0 Å². The Morgan fingerprint density at radius 2 is 2.10 bits per heavy atom. The third-order valence-corrected chi connectivity index (χ3v) is 3.96. The molecule has 0 saturated carbocycles. The van der Waals surface area contributed by atoms with Crippen LogP contribution in [0.5, 0.6) is 5.75 Å². The number of hydrogen-bond donors (Lipinski definition) is 1. The normalized spacial score (nSPS) is 18.5. The van der Waals surface area contributed by atoms with Gasteiger partial charge in [-0.25, -0.2) is 0 Å². The van der Waals surface area contributed by atoms with E-state index in [-0.39, 0.29) is 23.5 Å². The number of unbranched alkanes of at least 4 members (excludes halogenated alkanes) is 2. The van der Waals surface area contributed by atoms with E-state index in [4.69, 9.17) is 0 Å². The SMILES string of the molecule is CCCCCC(C)C1C(=O)Nc2ccc(OC(F)F)cc21.